The zero-order chi connectivity index (χ0) is 21.3. The summed E-state index contributed by atoms with van der Waals surface area (Å²) in [5.41, 5.74) is 0.993. The molecule has 0 aliphatic heterocycles. The van der Waals surface area contributed by atoms with Crippen LogP contribution in [0.25, 0.3) is 21.9 Å². The maximum Gasteiger partial charge on any atom is 0.416 e. The largest absolute Gasteiger partial charge is 0.416 e. The van der Waals surface area contributed by atoms with E-state index in [-0.39, 0.29) is 17.4 Å². The van der Waals surface area contributed by atoms with Crippen LogP contribution >= 0.6 is 0 Å². The summed E-state index contributed by atoms with van der Waals surface area (Å²) in [6, 6.07) is 9.65. The first kappa shape index (κ1) is 20.2. The van der Waals surface area contributed by atoms with E-state index in [9.17, 15) is 18.0 Å². The average molecular weight is 403 g/mol. The molecule has 6 nitrogen and oxygen atoms in total. The monoisotopic (exact) mass is 403 g/mol. The van der Waals surface area contributed by atoms with Crippen molar-refractivity contribution < 1.29 is 18.0 Å². The lowest BCUT2D eigenvalue weighted by atomic mass is 9.98. The topological polar surface area (TPSA) is 98.4 Å². The number of nitrogens with one attached hydrogen (secondary N) is 1. The standard InChI is InChI=1S/C20H20F3N5O/c1-11(2)26-19(29)13-5-8-15-16(9-13)18(27-24)28(25)10-17(15)12-3-6-14(7-4-12)20(21,22)23/h3-11H,24-25H2,1-2H3,(H,26,29)/b27-18-. The van der Waals surface area contributed by atoms with Crippen molar-refractivity contribution in [3.63, 3.8) is 0 Å². The Kier molecular flexibility index (Phi) is 5.23. The molecule has 1 aromatic heterocycles. The molecule has 0 saturated carbocycles. The second-order valence-electron chi connectivity index (χ2n) is 6.87. The Labute approximate surface area is 164 Å². The molecular weight excluding hydrogens is 383 g/mol. The van der Waals surface area contributed by atoms with Crippen LogP contribution in [0.15, 0.2) is 53.8 Å². The van der Waals surface area contributed by atoms with Gasteiger partial charge in [-0.2, -0.15) is 18.3 Å². The molecule has 3 rings (SSSR count). The van der Waals surface area contributed by atoms with Crippen molar-refractivity contribution in [3.8, 4) is 11.1 Å². The van der Waals surface area contributed by atoms with Gasteiger partial charge in [-0.05, 0) is 49.1 Å². The second kappa shape index (κ2) is 7.50. The van der Waals surface area contributed by atoms with Crippen LogP contribution in [-0.4, -0.2) is 16.6 Å². The van der Waals surface area contributed by atoms with Gasteiger partial charge in [0.05, 0.1) is 5.56 Å². The zero-order valence-electron chi connectivity index (χ0n) is 15.8. The summed E-state index contributed by atoms with van der Waals surface area (Å²) in [6.07, 6.45) is -2.89. The average Bonchev–Trinajstić information content (AvgIpc) is 2.66. The SMILES string of the molecule is CC(C)NC(=O)c1ccc2c(-c3ccc(C(F)(F)F)cc3)cn(N)/c(=N\N)c2c1. The zero-order valence-corrected chi connectivity index (χ0v) is 15.8. The quantitative estimate of drug-likeness (QED) is 0.463. The number of halogens is 3. The van der Waals surface area contributed by atoms with Crippen molar-refractivity contribution in [3.05, 3.63) is 65.3 Å². The first-order chi connectivity index (χ1) is 13.6. The first-order valence-corrected chi connectivity index (χ1v) is 8.78. The molecule has 0 fully saturated rings. The van der Waals surface area contributed by atoms with Gasteiger partial charge in [0.1, 0.15) is 0 Å². The van der Waals surface area contributed by atoms with Gasteiger partial charge in [-0.3, -0.25) is 4.79 Å². The van der Waals surface area contributed by atoms with Gasteiger partial charge in [-0.25, -0.2) is 4.68 Å². The number of pyridine rings is 1. The van der Waals surface area contributed by atoms with Gasteiger partial charge in [0.2, 0.25) is 0 Å². The molecule has 0 aliphatic rings. The molecule has 9 heteroatoms. The number of fused-ring (bicyclic) bond motifs is 1. The third kappa shape index (κ3) is 4.03. The summed E-state index contributed by atoms with van der Waals surface area (Å²) in [5.74, 6) is 11.2. The van der Waals surface area contributed by atoms with Crippen LogP contribution in [0.3, 0.4) is 0 Å². The Morgan fingerprint density at radius 3 is 2.31 bits per heavy atom. The number of aromatic nitrogens is 1. The number of amides is 1. The lowest BCUT2D eigenvalue weighted by Crippen LogP contribution is -2.31. The minimum absolute atomic E-state index is 0.0465. The molecule has 0 radical (unpaired) electrons. The van der Waals surface area contributed by atoms with E-state index in [4.69, 9.17) is 11.7 Å². The highest BCUT2D eigenvalue weighted by Crippen LogP contribution is 2.32. The van der Waals surface area contributed by atoms with Gasteiger partial charge in [-0.15, -0.1) is 0 Å². The van der Waals surface area contributed by atoms with Crippen molar-refractivity contribution in [2.45, 2.75) is 26.1 Å². The summed E-state index contributed by atoms with van der Waals surface area (Å²) >= 11 is 0. The van der Waals surface area contributed by atoms with Crippen LogP contribution in [0.4, 0.5) is 13.2 Å². The Balaban J connectivity index is 2.20. The summed E-state index contributed by atoms with van der Waals surface area (Å²) in [6.45, 7) is 3.69. The number of hydrogen-bond acceptors (Lipinski definition) is 4. The summed E-state index contributed by atoms with van der Waals surface area (Å²) < 4.78 is 39.8. The number of nitrogens with two attached hydrogens (primary N) is 2. The maximum absolute atomic E-state index is 12.9. The Morgan fingerprint density at radius 1 is 1.10 bits per heavy atom. The van der Waals surface area contributed by atoms with Crippen LogP contribution in [0.1, 0.15) is 29.8 Å². The number of hydrogen-bond donors (Lipinski definition) is 3. The van der Waals surface area contributed by atoms with Gasteiger partial charge in [0, 0.05) is 28.8 Å². The number of alkyl halides is 3. The lowest BCUT2D eigenvalue weighted by molar-refractivity contribution is -0.137. The van der Waals surface area contributed by atoms with Crippen LogP contribution in [0.2, 0.25) is 0 Å². The van der Waals surface area contributed by atoms with E-state index >= 15 is 0 Å². The molecule has 0 saturated heterocycles. The minimum Gasteiger partial charge on any atom is -0.350 e. The molecule has 0 aliphatic carbocycles. The van der Waals surface area contributed by atoms with E-state index < -0.39 is 11.7 Å². The highest BCUT2D eigenvalue weighted by molar-refractivity contribution is 6.02. The molecule has 152 valence electrons. The second-order valence-corrected chi connectivity index (χ2v) is 6.87. The number of rotatable bonds is 3. The van der Waals surface area contributed by atoms with E-state index in [0.717, 1.165) is 12.1 Å². The van der Waals surface area contributed by atoms with Crippen LogP contribution in [0.5, 0.6) is 0 Å². The highest BCUT2D eigenvalue weighted by Gasteiger charge is 2.30. The van der Waals surface area contributed by atoms with E-state index in [1.807, 2.05) is 13.8 Å². The van der Waals surface area contributed by atoms with E-state index in [2.05, 4.69) is 10.4 Å². The third-order valence-electron chi connectivity index (χ3n) is 4.39. The normalized spacial score (nSPS) is 12.6. The van der Waals surface area contributed by atoms with Gasteiger partial charge in [-0.1, -0.05) is 18.2 Å². The Bertz CT molecular complexity index is 1130. The predicted octanol–water partition coefficient (Wildman–Crippen LogP) is 2.95. The van der Waals surface area contributed by atoms with Crippen molar-refractivity contribution in [1.29, 1.82) is 0 Å². The first-order valence-electron chi connectivity index (χ1n) is 8.78. The van der Waals surface area contributed by atoms with Crippen molar-refractivity contribution in [2.24, 2.45) is 10.9 Å². The fourth-order valence-corrected chi connectivity index (χ4v) is 3.06. The fourth-order valence-electron chi connectivity index (χ4n) is 3.06. The van der Waals surface area contributed by atoms with Gasteiger partial charge >= 0.3 is 6.18 Å². The number of benzene rings is 2. The Morgan fingerprint density at radius 2 is 1.76 bits per heavy atom. The molecule has 1 heterocycles. The van der Waals surface area contributed by atoms with Crippen molar-refractivity contribution >= 4 is 16.7 Å². The molecular formula is C20H20F3N5O. The number of carbonyl (C=O) groups is 1. The number of nitrogens with zero attached hydrogens (tertiary/aromatic N) is 2. The lowest BCUT2D eigenvalue weighted by Gasteiger charge is -2.14. The fraction of sp³-hybridized carbons (Fsp3) is 0.200. The molecule has 0 atom stereocenters. The summed E-state index contributed by atoms with van der Waals surface area (Å²) in [7, 11) is 0. The Hall–Kier alpha value is -3.49. The van der Waals surface area contributed by atoms with Crippen molar-refractivity contribution in [1.82, 2.24) is 9.99 Å². The smallest absolute Gasteiger partial charge is 0.350 e. The summed E-state index contributed by atoms with van der Waals surface area (Å²) in [4.78, 5) is 12.4. The van der Waals surface area contributed by atoms with Gasteiger partial charge in [0.15, 0.2) is 5.49 Å². The molecule has 29 heavy (non-hydrogen) atoms. The molecule has 1 amide bonds. The molecule has 2 aromatic carbocycles. The van der Waals surface area contributed by atoms with Crippen LogP contribution in [0, 0.1) is 0 Å². The van der Waals surface area contributed by atoms with Crippen LogP contribution in [-0.2, 0) is 6.18 Å². The van der Waals surface area contributed by atoms with Gasteiger partial charge < -0.3 is 17.0 Å². The van der Waals surface area contributed by atoms with E-state index in [1.54, 1.807) is 18.2 Å². The highest BCUT2D eigenvalue weighted by atomic mass is 19.4. The minimum atomic E-state index is -4.42. The third-order valence-corrected chi connectivity index (χ3v) is 4.39. The van der Waals surface area contributed by atoms with E-state index in [0.29, 0.717) is 27.5 Å². The number of carbonyl (C=O) groups excluding carboxylic acids is 1. The van der Waals surface area contributed by atoms with Crippen molar-refractivity contribution in [2.75, 3.05) is 5.84 Å². The predicted molar refractivity (Wildman–Crippen MR) is 105 cm³/mol. The molecule has 0 unspecified atom stereocenters. The maximum atomic E-state index is 12.9. The molecule has 0 bridgehead atoms. The molecule has 0 spiro atoms. The number of nitrogen functional groups attached to an aromatic ring is 1. The summed E-state index contributed by atoms with van der Waals surface area (Å²) in [5, 5.41) is 7.65. The van der Waals surface area contributed by atoms with Gasteiger partial charge in [0.25, 0.3) is 5.91 Å². The van der Waals surface area contributed by atoms with E-state index in [1.165, 1.54) is 23.0 Å². The van der Waals surface area contributed by atoms with Crippen LogP contribution < -0.4 is 22.5 Å². The molecule has 5 N–H and O–H groups in total. The molecule has 3 aromatic rings.